The predicted molar refractivity (Wildman–Crippen MR) is 54.5 cm³/mol. The van der Waals surface area contributed by atoms with Crippen LogP contribution in [0.15, 0.2) is 0 Å². The molecular formula is C11H13F3N2O2. The second-order valence-corrected chi connectivity index (χ2v) is 5.20. The van der Waals surface area contributed by atoms with Gasteiger partial charge in [-0.1, -0.05) is 0 Å². The molecule has 0 spiro atoms. The first-order valence-electron chi connectivity index (χ1n) is 6.04. The molecule has 0 aromatic carbocycles. The van der Waals surface area contributed by atoms with Gasteiger partial charge in [0, 0.05) is 6.54 Å². The quantitative estimate of drug-likeness (QED) is 0.705. The number of carbonyl (C=O) groups is 2. The van der Waals surface area contributed by atoms with Crippen molar-refractivity contribution in [2.75, 3.05) is 13.1 Å². The Morgan fingerprint density at radius 1 is 1.22 bits per heavy atom. The van der Waals surface area contributed by atoms with Gasteiger partial charge in [0.1, 0.15) is 18.1 Å². The molecule has 3 aliphatic rings. The van der Waals surface area contributed by atoms with Crippen molar-refractivity contribution < 1.29 is 22.8 Å². The molecule has 3 rings (SSSR count). The van der Waals surface area contributed by atoms with E-state index in [1.165, 1.54) is 4.90 Å². The van der Waals surface area contributed by atoms with Crippen LogP contribution < -0.4 is 0 Å². The molecule has 2 saturated heterocycles. The number of rotatable bonds is 1. The molecule has 100 valence electrons. The molecule has 18 heavy (non-hydrogen) atoms. The van der Waals surface area contributed by atoms with Crippen molar-refractivity contribution in [2.24, 2.45) is 0 Å². The molecule has 4 nitrogen and oxygen atoms in total. The fourth-order valence-corrected chi connectivity index (χ4v) is 2.99. The lowest BCUT2D eigenvalue weighted by Crippen LogP contribution is -2.63. The third-order valence-electron chi connectivity index (χ3n) is 4.19. The molecule has 0 aromatic rings. The first-order valence-corrected chi connectivity index (χ1v) is 6.04. The number of amides is 2. The van der Waals surface area contributed by atoms with Gasteiger partial charge in [0.25, 0.3) is 0 Å². The number of carbonyl (C=O) groups excluding carboxylic acids is 2. The molecule has 2 aliphatic heterocycles. The van der Waals surface area contributed by atoms with Crippen LogP contribution in [0.25, 0.3) is 0 Å². The second-order valence-electron chi connectivity index (χ2n) is 5.20. The Morgan fingerprint density at radius 3 is 2.44 bits per heavy atom. The van der Waals surface area contributed by atoms with Gasteiger partial charge in [0.2, 0.25) is 11.8 Å². The Hall–Kier alpha value is -1.27. The molecule has 0 N–H and O–H groups in total. The molecule has 7 heteroatoms. The highest BCUT2D eigenvalue weighted by Crippen LogP contribution is 2.54. The van der Waals surface area contributed by atoms with Crippen LogP contribution in [0.1, 0.15) is 25.7 Å². The lowest BCUT2D eigenvalue weighted by atomic mass is 10.1. The van der Waals surface area contributed by atoms with E-state index in [-0.39, 0.29) is 18.7 Å². The third kappa shape index (κ3) is 1.39. The average Bonchev–Trinajstić information content (AvgIpc) is 2.93. The molecule has 2 heterocycles. The van der Waals surface area contributed by atoms with Gasteiger partial charge in [-0.15, -0.1) is 0 Å². The standard InChI is InChI=1S/C11H13F3N2O2/c12-11(13,14)10(3-4-10)16-6-8(17)15-5-1-2-7(15)9(16)18/h7H,1-6H2. The molecule has 1 unspecified atom stereocenters. The number of nitrogens with zero attached hydrogens (tertiary/aromatic N) is 2. The van der Waals surface area contributed by atoms with Crippen molar-refractivity contribution in [3.05, 3.63) is 0 Å². The average molecular weight is 262 g/mol. The first-order chi connectivity index (χ1) is 8.37. The molecule has 2 amide bonds. The largest absolute Gasteiger partial charge is 0.411 e. The van der Waals surface area contributed by atoms with Crippen LogP contribution in [-0.4, -0.2) is 52.5 Å². The fourth-order valence-electron chi connectivity index (χ4n) is 2.99. The Morgan fingerprint density at radius 2 is 1.89 bits per heavy atom. The van der Waals surface area contributed by atoms with E-state index in [9.17, 15) is 22.8 Å². The maximum Gasteiger partial charge on any atom is 0.411 e. The van der Waals surface area contributed by atoms with Crippen molar-refractivity contribution in [3.63, 3.8) is 0 Å². The first kappa shape index (κ1) is 11.8. The highest BCUT2D eigenvalue weighted by molar-refractivity contribution is 5.96. The molecule has 0 radical (unpaired) electrons. The van der Waals surface area contributed by atoms with E-state index < -0.39 is 30.2 Å². The van der Waals surface area contributed by atoms with Crippen molar-refractivity contribution >= 4 is 11.8 Å². The molecule has 1 atom stereocenters. The third-order valence-corrected chi connectivity index (χ3v) is 4.19. The van der Waals surface area contributed by atoms with Gasteiger partial charge in [-0.25, -0.2) is 0 Å². The number of alkyl halides is 3. The molecule has 3 fully saturated rings. The fraction of sp³-hybridized carbons (Fsp3) is 0.818. The molecule has 1 aliphatic carbocycles. The van der Waals surface area contributed by atoms with E-state index in [0.717, 1.165) is 4.90 Å². The lowest BCUT2D eigenvalue weighted by Gasteiger charge is -2.41. The summed E-state index contributed by atoms with van der Waals surface area (Å²) in [6.45, 7) is 0.0664. The zero-order chi connectivity index (χ0) is 13.1. The highest BCUT2D eigenvalue weighted by Gasteiger charge is 2.69. The van der Waals surface area contributed by atoms with Crippen molar-refractivity contribution in [3.8, 4) is 0 Å². The highest BCUT2D eigenvalue weighted by atomic mass is 19.4. The molecular weight excluding hydrogens is 249 g/mol. The van der Waals surface area contributed by atoms with Crippen LogP contribution >= 0.6 is 0 Å². The summed E-state index contributed by atoms with van der Waals surface area (Å²) in [6, 6.07) is -0.661. The Balaban J connectivity index is 1.90. The second kappa shape index (κ2) is 3.39. The summed E-state index contributed by atoms with van der Waals surface area (Å²) in [5.41, 5.74) is -2.06. The van der Waals surface area contributed by atoms with Crippen LogP contribution in [0, 0.1) is 0 Å². The number of hydrogen-bond donors (Lipinski definition) is 0. The van der Waals surface area contributed by atoms with Gasteiger partial charge in [-0.2, -0.15) is 13.2 Å². The normalized spacial score (nSPS) is 30.7. The topological polar surface area (TPSA) is 40.6 Å². The number of halogens is 3. The number of piperazine rings is 1. The van der Waals surface area contributed by atoms with Gasteiger partial charge in [-0.05, 0) is 25.7 Å². The van der Waals surface area contributed by atoms with Crippen LogP contribution in [0.4, 0.5) is 13.2 Å². The zero-order valence-electron chi connectivity index (χ0n) is 9.66. The minimum absolute atomic E-state index is 0.0811. The summed E-state index contributed by atoms with van der Waals surface area (Å²) in [4.78, 5) is 26.1. The van der Waals surface area contributed by atoms with Crippen LogP contribution in [-0.2, 0) is 9.59 Å². The van der Waals surface area contributed by atoms with E-state index in [1.54, 1.807) is 0 Å². The summed E-state index contributed by atoms with van der Waals surface area (Å²) in [7, 11) is 0. The SMILES string of the molecule is O=C1CN(C2(C(F)(F)F)CC2)C(=O)C2CCCN12. The van der Waals surface area contributed by atoms with E-state index in [2.05, 4.69) is 0 Å². The zero-order valence-corrected chi connectivity index (χ0v) is 9.66. The van der Waals surface area contributed by atoms with Gasteiger partial charge in [-0.3, -0.25) is 9.59 Å². The Bertz CT molecular complexity index is 417. The number of fused-ring (bicyclic) bond motifs is 1. The summed E-state index contributed by atoms with van der Waals surface area (Å²) in [6.07, 6.45) is -3.43. The maximum absolute atomic E-state index is 13.0. The van der Waals surface area contributed by atoms with Gasteiger partial charge >= 0.3 is 6.18 Å². The van der Waals surface area contributed by atoms with E-state index in [1.807, 2.05) is 0 Å². The summed E-state index contributed by atoms with van der Waals surface area (Å²) in [5.74, 6) is -0.880. The van der Waals surface area contributed by atoms with Gasteiger partial charge in [0.15, 0.2) is 0 Å². The molecule has 0 bridgehead atoms. The van der Waals surface area contributed by atoms with Crippen LogP contribution in [0.5, 0.6) is 0 Å². The van der Waals surface area contributed by atoms with Crippen molar-refractivity contribution in [1.82, 2.24) is 9.80 Å². The Kier molecular flexibility index (Phi) is 2.22. The maximum atomic E-state index is 13.0. The molecule has 1 saturated carbocycles. The van der Waals surface area contributed by atoms with Crippen molar-refractivity contribution in [1.29, 1.82) is 0 Å². The monoisotopic (exact) mass is 262 g/mol. The van der Waals surface area contributed by atoms with Crippen LogP contribution in [0.3, 0.4) is 0 Å². The summed E-state index contributed by atoms with van der Waals surface area (Å²) in [5, 5.41) is 0. The summed E-state index contributed by atoms with van der Waals surface area (Å²) >= 11 is 0. The van der Waals surface area contributed by atoms with Gasteiger partial charge in [0.05, 0.1) is 0 Å². The minimum Gasteiger partial charge on any atom is -0.329 e. The predicted octanol–water partition coefficient (Wildman–Crippen LogP) is 0.915. The van der Waals surface area contributed by atoms with E-state index >= 15 is 0 Å². The van der Waals surface area contributed by atoms with E-state index in [4.69, 9.17) is 0 Å². The van der Waals surface area contributed by atoms with E-state index in [0.29, 0.717) is 19.4 Å². The van der Waals surface area contributed by atoms with Crippen molar-refractivity contribution in [2.45, 2.75) is 43.4 Å². The van der Waals surface area contributed by atoms with Gasteiger partial charge < -0.3 is 9.80 Å². The lowest BCUT2D eigenvalue weighted by molar-refractivity contribution is -0.206. The Labute approximate surface area is 102 Å². The minimum atomic E-state index is -4.44. The summed E-state index contributed by atoms with van der Waals surface area (Å²) < 4.78 is 39.0. The van der Waals surface area contributed by atoms with Crippen LogP contribution in [0.2, 0.25) is 0 Å². The number of hydrogen-bond acceptors (Lipinski definition) is 2. The smallest absolute Gasteiger partial charge is 0.329 e. The molecule has 0 aromatic heterocycles.